The number of aryl methyl sites for hydroxylation is 2. The molecule has 44 heavy (non-hydrogen) atoms. The van der Waals surface area contributed by atoms with Gasteiger partial charge in [-0.1, -0.05) is 96.1 Å². The van der Waals surface area contributed by atoms with Crippen molar-refractivity contribution in [3.8, 4) is 50.6 Å². The number of benzene rings is 3. The maximum Gasteiger partial charge on any atom is 0.144 e. The molecule has 0 aliphatic heterocycles. The van der Waals surface area contributed by atoms with E-state index in [0.717, 1.165) is 55.7 Å². The lowest BCUT2D eigenvalue weighted by molar-refractivity contribution is 0.446. The molecule has 0 spiro atoms. The summed E-state index contributed by atoms with van der Waals surface area (Å²) in [5.74, 6) is 0.993. The second-order valence-corrected chi connectivity index (χ2v) is 13.8. The van der Waals surface area contributed by atoms with Crippen LogP contribution in [0, 0.1) is 6.92 Å². The van der Waals surface area contributed by atoms with E-state index in [2.05, 4.69) is 120 Å². The maximum atomic E-state index is 11.6. The summed E-state index contributed by atoms with van der Waals surface area (Å²) in [4.78, 5) is 14.6. The summed E-state index contributed by atoms with van der Waals surface area (Å²) in [6.07, 6.45) is 5.67. The fourth-order valence-corrected chi connectivity index (χ4v) is 5.82. The lowest BCUT2D eigenvalue weighted by Gasteiger charge is -2.27. The van der Waals surface area contributed by atoms with Gasteiger partial charge in [0.25, 0.3) is 0 Å². The molecule has 5 heteroatoms. The van der Waals surface area contributed by atoms with Crippen molar-refractivity contribution in [2.75, 3.05) is 0 Å². The molecule has 3 aromatic heterocycles. The van der Waals surface area contributed by atoms with Gasteiger partial charge in [-0.3, -0.25) is 9.97 Å². The zero-order valence-corrected chi connectivity index (χ0v) is 26.9. The van der Waals surface area contributed by atoms with Crippen LogP contribution in [0.5, 0.6) is 5.75 Å². The van der Waals surface area contributed by atoms with E-state index in [1.165, 1.54) is 11.1 Å². The molecule has 0 fully saturated rings. The van der Waals surface area contributed by atoms with Crippen molar-refractivity contribution >= 4 is 11.0 Å². The normalized spacial score (nSPS) is 12.2. The van der Waals surface area contributed by atoms with Crippen molar-refractivity contribution in [2.45, 2.75) is 59.3 Å². The number of aromatic nitrogens is 4. The van der Waals surface area contributed by atoms with Gasteiger partial charge in [0.15, 0.2) is 0 Å². The van der Waals surface area contributed by atoms with Crippen molar-refractivity contribution < 1.29 is 5.11 Å². The van der Waals surface area contributed by atoms with Gasteiger partial charge in [-0.05, 0) is 63.8 Å². The summed E-state index contributed by atoms with van der Waals surface area (Å²) in [6.45, 7) is 15.1. The molecule has 222 valence electrons. The third-order valence-corrected chi connectivity index (χ3v) is 8.48. The Morgan fingerprint density at radius 3 is 2.09 bits per heavy atom. The van der Waals surface area contributed by atoms with Gasteiger partial charge < -0.3 is 9.67 Å². The van der Waals surface area contributed by atoms with E-state index in [-0.39, 0.29) is 16.6 Å². The van der Waals surface area contributed by atoms with Gasteiger partial charge in [0.05, 0.1) is 23.0 Å². The van der Waals surface area contributed by atoms with E-state index < -0.39 is 0 Å². The van der Waals surface area contributed by atoms with Crippen molar-refractivity contribution in [1.82, 2.24) is 19.5 Å². The molecule has 0 radical (unpaired) electrons. The summed E-state index contributed by atoms with van der Waals surface area (Å²) in [6, 6.07) is 25.2. The minimum Gasteiger partial charge on any atom is -0.507 e. The number of fused-ring (bicyclic) bond motifs is 1. The minimum absolute atomic E-state index is 0.0927. The highest BCUT2D eigenvalue weighted by Crippen LogP contribution is 2.43. The van der Waals surface area contributed by atoms with Crippen molar-refractivity contribution in [3.63, 3.8) is 0 Å². The Morgan fingerprint density at radius 2 is 1.39 bits per heavy atom. The van der Waals surface area contributed by atoms with Crippen LogP contribution in [0.25, 0.3) is 55.9 Å². The largest absolute Gasteiger partial charge is 0.507 e. The first-order valence-corrected chi connectivity index (χ1v) is 15.1. The quantitative estimate of drug-likeness (QED) is 0.225. The Hall–Kier alpha value is -4.77. The van der Waals surface area contributed by atoms with Crippen molar-refractivity contribution in [2.24, 2.45) is 7.05 Å². The number of phenols is 1. The van der Waals surface area contributed by atoms with Crippen LogP contribution in [0.1, 0.15) is 58.2 Å². The summed E-state index contributed by atoms with van der Waals surface area (Å²) in [7, 11) is 1.99. The van der Waals surface area contributed by atoms with Crippen LogP contribution in [0.15, 0.2) is 91.4 Å². The molecule has 0 amide bonds. The van der Waals surface area contributed by atoms with Gasteiger partial charge in [-0.2, -0.15) is 0 Å². The van der Waals surface area contributed by atoms with Gasteiger partial charge >= 0.3 is 0 Å². The van der Waals surface area contributed by atoms with E-state index >= 15 is 0 Å². The number of hydrogen-bond acceptors (Lipinski definition) is 4. The monoisotopic (exact) mass is 580 g/mol. The zero-order valence-electron chi connectivity index (χ0n) is 26.9. The van der Waals surface area contributed by atoms with E-state index in [1.54, 1.807) is 0 Å². The predicted molar refractivity (Wildman–Crippen MR) is 182 cm³/mol. The second-order valence-electron chi connectivity index (χ2n) is 13.8. The van der Waals surface area contributed by atoms with Gasteiger partial charge in [0.2, 0.25) is 0 Å². The summed E-state index contributed by atoms with van der Waals surface area (Å²) in [5, 5.41) is 11.6. The molecular formula is C39H40N4O. The minimum atomic E-state index is -0.234. The van der Waals surface area contributed by atoms with Crippen LogP contribution in [-0.4, -0.2) is 24.6 Å². The number of aromatic hydroxyl groups is 1. The molecule has 1 N–H and O–H groups in total. The Bertz CT molecular complexity index is 2010. The highest BCUT2D eigenvalue weighted by Gasteiger charge is 2.27. The summed E-state index contributed by atoms with van der Waals surface area (Å²) in [5.41, 5.74) is 11.6. The zero-order chi connectivity index (χ0) is 31.4. The lowest BCUT2D eigenvalue weighted by Crippen LogP contribution is -2.17. The first kappa shape index (κ1) is 29.3. The molecule has 0 aliphatic carbocycles. The third kappa shape index (κ3) is 5.28. The molecule has 0 aliphatic rings. The molecule has 0 unspecified atom stereocenters. The fraction of sp³-hybridized carbons (Fsp3) is 0.256. The third-order valence-electron chi connectivity index (χ3n) is 8.48. The molecule has 3 aromatic carbocycles. The second kappa shape index (κ2) is 10.7. The van der Waals surface area contributed by atoms with E-state index in [4.69, 9.17) is 9.97 Å². The predicted octanol–water partition coefficient (Wildman–Crippen LogP) is 9.64. The van der Waals surface area contributed by atoms with E-state index in [9.17, 15) is 5.11 Å². The Labute approximate surface area is 260 Å². The summed E-state index contributed by atoms with van der Waals surface area (Å²) < 4.78 is 2.04. The standard InChI is InChI=1S/C39H40N4O/c1-24-21-41-33(20-29(24)25-13-10-9-11-14-25)27-16-12-15-26(17-27)31-22-40-23-34-35(31)42-37(43(34)8)30-18-28(38(2,3)4)19-32(36(30)44)39(5,6)7/h9-23,44H,1-8H3. The number of nitrogens with zero attached hydrogens (tertiary/aromatic N) is 4. The first-order chi connectivity index (χ1) is 20.8. The van der Waals surface area contributed by atoms with Crippen LogP contribution >= 0.6 is 0 Å². The topological polar surface area (TPSA) is 63.8 Å². The SMILES string of the molecule is Cc1cnc(-c2cccc(-c3cncc4c3nc(-c3cc(C(C)(C)C)cc(C(C)(C)C)c3O)n4C)c2)cc1-c1ccccc1. The molecule has 5 nitrogen and oxygen atoms in total. The average Bonchev–Trinajstić information content (AvgIpc) is 3.33. The molecular weight excluding hydrogens is 540 g/mol. The molecule has 0 bridgehead atoms. The van der Waals surface area contributed by atoms with Gasteiger partial charge in [-0.15, -0.1) is 0 Å². The van der Waals surface area contributed by atoms with Crippen LogP contribution in [0.2, 0.25) is 0 Å². The number of pyridine rings is 2. The lowest BCUT2D eigenvalue weighted by atomic mass is 9.79. The van der Waals surface area contributed by atoms with E-state index in [0.29, 0.717) is 5.82 Å². The Balaban J connectivity index is 1.49. The van der Waals surface area contributed by atoms with Gasteiger partial charge in [0, 0.05) is 36.1 Å². The molecule has 0 saturated carbocycles. The van der Waals surface area contributed by atoms with Crippen molar-refractivity contribution in [3.05, 3.63) is 108 Å². The van der Waals surface area contributed by atoms with Crippen LogP contribution in [0.3, 0.4) is 0 Å². The number of phenolic OH excluding ortho intramolecular Hbond substituents is 1. The molecule has 0 atom stereocenters. The molecule has 6 aromatic rings. The highest BCUT2D eigenvalue weighted by molar-refractivity contribution is 5.94. The van der Waals surface area contributed by atoms with Crippen LogP contribution < -0.4 is 0 Å². The molecule has 6 rings (SSSR count). The van der Waals surface area contributed by atoms with E-state index in [1.807, 2.05) is 36.3 Å². The van der Waals surface area contributed by atoms with Crippen molar-refractivity contribution in [1.29, 1.82) is 0 Å². The highest BCUT2D eigenvalue weighted by atomic mass is 16.3. The van der Waals surface area contributed by atoms with Crippen LogP contribution in [-0.2, 0) is 17.9 Å². The van der Waals surface area contributed by atoms with Crippen LogP contribution in [0.4, 0.5) is 0 Å². The number of imidazole rings is 1. The molecule has 0 saturated heterocycles. The summed E-state index contributed by atoms with van der Waals surface area (Å²) >= 11 is 0. The van der Waals surface area contributed by atoms with Gasteiger partial charge in [-0.25, -0.2) is 4.98 Å². The number of rotatable bonds is 4. The smallest absolute Gasteiger partial charge is 0.144 e. The molecule has 3 heterocycles. The Kier molecular flexibility index (Phi) is 7.16. The fourth-order valence-electron chi connectivity index (χ4n) is 5.82. The number of hydrogen-bond donors (Lipinski definition) is 1. The average molecular weight is 581 g/mol. The van der Waals surface area contributed by atoms with Gasteiger partial charge in [0.1, 0.15) is 17.1 Å². The Morgan fingerprint density at radius 1 is 0.682 bits per heavy atom. The maximum absolute atomic E-state index is 11.6. The first-order valence-electron chi connectivity index (χ1n) is 15.1.